The number of carbonyl (C=O) groups is 3. The van der Waals surface area contributed by atoms with Gasteiger partial charge in [-0.2, -0.15) is 13.2 Å². The van der Waals surface area contributed by atoms with Crippen molar-refractivity contribution in [2.45, 2.75) is 44.1 Å². The molecular weight excluding hydrogens is 553 g/mol. The van der Waals surface area contributed by atoms with E-state index in [9.17, 15) is 27.6 Å². The van der Waals surface area contributed by atoms with E-state index in [1.54, 1.807) is 54.7 Å². The normalized spacial score (nSPS) is 19.5. The lowest BCUT2D eigenvalue weighted by Crippen LogP contribution is -2.58. The maximum absolute atomic E-state index is 13.4. The predicted molar refractivity (Wildman–Crippen MR) is 146 cm³/mol. The second-order valence-corrected chi connectivity index (χ2v) is 10.2. The number of hydrogen-bond acceptors (Lipinski definition) is 6. The minimum Gasteiger partial charge on any atom is -0.488 e. The Bertz CT molecular complexity index is 1450. The molecule has 3 aliphatic heterocycles. The van der Waals surface area contributed by atoms with Crippen LogP contribution in [0, 0.1) is 0 Å². The lowest BCUT2D eigenvalue weighted by Gasteiger charge is -2.39. The van der Waals surface area contributed by atoms with Crippen molar-refractivity contribution < 1.29 is 37.0 Å². The summed E-state index contributed by atoms with van der Waals surface area (Å²) in [5, 5.41) is 5.73. The SMILES string of the molecule is O=C1COc2cccc(c2)-c2cncc(c2)C(=O)N[C@@H]2CN(C(=O)CCC(F)(F)F)CC[C@@H]2Oc2ccc(cc2)CN1. The number of halogens is 3. The molecule has 2 aromatic carbocycles. The van der Waals surface area contributed by atoms with Gasteiger partial charge >= 0.3 is 6.18 Å². The van der Waals surface area contributed by atoms with Crippen LogP contribution in [0.3, 0.4) is 0 Å². The van der Waals surface area contributed by atoms with E-state index >= 15 is 0 Å². The standard InChI is InChI=1S/C30H29F3N4O5/c31-30(32,33)10-8-28(39)37-11-9-26-25(17-37)36-29(40)22-12-21(15-34-16-22)20-2-1-3-24(13-20)41-18-27(38)35-14-19-4-6-23(42-26)7-5-19/h1-7,12-13,15-16,25-26H,8-11,14,17-18H2,(H,35,38)(H,36,40)/t25-,26+/m1/s1. The van der Waals surface area contributed by atoms with E-state index in [1.807, 2.05) is 6.07 Å². The Morgan fingerprint density at radius 1 is 1.00 bits per heavy atom. The zero-order valence-electron chi connectivity index (χ0n) is 22.5. The summed E-state index contributed by atoms with van der Waals surface area (Å²) in [5.41, 5.74) is 2.42. The summed E-state index contributed by atoms with van der Waals surface area (Å²) >= 11 is 0. The highest BCUT2D eigenvalue weighted by Gasteiger charge is 2.36. The number of benzene rings is 2. The first-order chi connectivity index (χ1) is 20.1. The summed E-state index contributed by atoms with van der Waals surface area (Å²) < 4.78 is 50.1. The minimum absolute atomic E-state index is 0.0102. The molecule has 1 saturated heterocycles. The molecule has 0 spiro atoms. The molecule has 3 aliphatic rings. The molecule has 220 valence electrons. The summed E-state index contributed by atoms with van der Waals surface area (Å²) in [7, 11) is 0. The summed E-state index contributed by atoms with van der Waals surface area (Å²) in [5.74, 6) is -0.431. The van der Waals surface area contributed by atoms with Gasteiger partial charge in [-0.3, -0.25) is 19.4 Å². The van der Waals surface area contributed by atoms with Crippen LogP contribution in [0.1, 0.15) is 35.2 Å². The molecule has 0 saturated carbocycles. The predicted octanol–water partition coefficient (Wildman–Crippen LogP) is 3.88. The molecule has 0 unspecified atom stereocenters. The molecule has 0 radical (unpaired) electrons. The smallest absolute Gasteiger partial charge is 0.389 e. The monoisotopic (exact) mass is 582 g/mol. The van der Waals surface area contributed by atoms with Gasteiger partial charge in [-0.15, -0.1) is 0 Å². The molecule has 1 fully saturated rings. The van der Waals surface area contributed by atoms with Gasteiger partial charge in [0, 0.05) is 50.4 Å². The lowest BCUT2D eigenvalue weighted by molar-refractivity contribution is -0.150. The Morgan fingerprint density at radius 3 is 2.57 bits per heavy atom. The van der Waals surface area contributed by atoms with Crippen LogP contribution in [0.5, 0.6) is 11.5 Å². The van der Waals surface area contributed by atoms with Crippen LogP contribution < -0.4 is 20.1 Å². The van der Waals surface area contributed by atoms with E-state index in [0.717, 1.165) is 5.56 Å². The van der Waals surface area contributed by atoms with Crippen molar-refractivity contribution in [3.63, 3.8) is 0 Å². The van der Waals surface area contributed by atoms with Gasteiger partial charge in [0.15, 0.2) is 6.61 Å². The van der Waals surface area contributed by atoms with Crippen molar-refractivity contribution in [2.24, 2.45) is 0 Å². The number of ether oxygens (including phenoxy) is 2. The number of nitrogens with zero attached hydrogens (tertiary/aromatic N) is 2. The van der Waals surface area contributed by atoms with Crippen LogP contribution in [-0.4, -0.2) is 65.6 Å². The molecule has 2 atom stereocenters. The summed E-state index contributed by atoms with van der Waals surface area (Å²) in [6.45, 7) is 0.277. The molecule has 3 amide bonds. The third-order valence-corrected chi connectivity index (χ3v) is 7.08. The largest absolute Gasteiger partial charge is 0.488 e. The van der Waals surface area contributed by atoms with Crippen LogP contribution in [0.2, 0.25) is 0 Å². The van der Waals surface area contributed by atoms with Gasteiger partial charge in [0.25, 0.3) is 11.8 Å². The summed E-state index contributed by atoms with van der Waals surface area (Å²) in [6, 6.07) is 15.0. The molecule has 4 heterocycles. The fourth-order valence-corrected chi connectivity index (χ4v) is 4.84. The first-order valence-corrected chi connectivity index (χ1v) is 13.5. The van der Waals surface area contributed by atoms with Crippen molar-refractivity contribution in [3.8, 4) is 22.6 Å². The molecule has 9 nitrogen and oxygen atoms in total. The zero-order chi connectivity index (χ0) is 29.7. The second kappa shape index (κ2) is 12.5. The number of hydrogen-bond donors (Lipinski definition) is 2. The van der Waals surface area contributed by atoms with E-state index in [4.69, 9.17) is 9.47 Å². The zero-order valence-corrected chi connectivity index (χ0v) is 22.5. The Morgan fingerprint density at radius 2 is 1.79 bits per heavy atom. The van der Waals surface area contributed by atoms with E-state index in [2.05, 4.69) is 15.6 Å². The Labute approximate surface area is 240 Å². The third kappa shape index (κ3) is 7.56. The van der Waals surface area contributed by atoms with Gasteiger partial charge < -0.3 is 25.0 Å². The number of alkyl halides is 3. The molecular formula is C30H29F3N4O5. The second-order valence-electron chi connectivity index (χ2n) is 10.2. The molecule has 6 rings (SSSR count). The minimum atomic E-state index is -4.44. The topological polar surface area (TPSA) is 110 Å². The molecule has 12 heteroatoms. The van der Waals surface area contributed by atoms with Crippen molar-refractivity contribution in [2.75, 3.05) is 19.7 Å². The van der Waals surface area contributed by atoms with E-state index in [-0.39, 0.29) is 37.7 Å². The van der Waals surface area contributed by atoms with Gasteiger partial charge in [-0.05, 0) is 41.5 Å². The molecule has 2 N–H and O–H groups in total. The van der Waals surface area contributed by atoms with E-state index in [1.165, 1.54) is 11.1 Å². The number of amides is 3. The first-order valence-electron chi connectivity index (χ1n) is 13.5. The summed E-state index contributed by atoms with van der Waals surface area (Å²) in [6.07, 6.45) is -3.58. The molecule has 3 aromatic rings. The maximum Gasteiger partial charge on any atom is 0.389 e. The highest BCUT2D eigenvalue weighted by molar-refractivity contribution is 5.95. The maximum atomic E-state index is 13.4. The number of rotatable bonds is 2. The van der Waals surface area contributed by atoms with Gasteiger partial charge in [0.05, 0.1) is 18.0 Å². The number of pyridine rings is 1. The van der Waals surface area contributed by atoms with E-state index < -0.39 is 43.0 Å². The van der Waals surface area contributed by atoms with Crippen LogP contribution in [0.15, 0.2) is 67.0 Å². The number of aromatic nitrogens is 1. The summed E-state index contributed by atoms with van der Waals surface area (Å²) in [4.78, 5) is 43.9. The van der Waals surface area contributed by atoms with Gasteiger partial charge in [-0.25, -0.2) is 0 Å². The van der Waals surface area contributed by atoms with Crippen molar-refractivity contribution in [3.05, 3.63) is 78.1 Å². The van der Waals surface area contributed by atoms with Crippen LogP contribution in [0.25, 0.3) is 11.1 Å². The molecule has 0 aliphatic carbocycles. The Kier molecular flexibility index (Phi) is 8.60. The van der Waals surface area contributed by atoms with Crippen molar-refractivity contribution >= 4 is 17.7 Å². The average Bonchev–Trinajstić information content (AvgIpc) is 2.98. The van der Waals surface area contributed by atoms with Crippen LogP contribution >= 0.6 is 0 Å². The Hall–Kier alpha value is -4.61. The van der Waals surface area contributed by atoms with Crippen molar-refractivity contribution in [1.82, 2.24) is 20.5 Å². The molecule has 42 heavy (non-hydrogen) atoms. The Balaban J connectivity index is 1.42. The highest BCUT2D eigenvalue weighted by Crippen LogP contribution is 2.26. The number of piperidine rings is 1. The van der Waals surface area contributed by atoms with Gasteiger partial charge in [0.1, 0.15) is 17.6 Å². The van der Waals surface area contributed by atoms with Crippen molar-refractivity contribution in [1.29, 1.82) is 0 Å². The van der Waals surface area contributed by atoms with E-state index in [0.29, 0.717) is 29.0 Å². The van der Waals surface area contributed by atoms with Crippen LogP contribution in [-0.2, 0) is 16.1 Å². The lowest BCUT2D eigenvalue weighted by atomic mass is 10.00. The molecule has 1 aromatic heterocycles. The highest BCUT2D eigenvalue weighted by atomic mass is 19.4. The number of carbonyl (C=O) groups excluding carboxylic acids is 3. The van der Waals surface area contributed by atoms with Gasteiger partial charge in [-0.1, -0.05) is 24.3 Å². The number of nitrogens with one attached hydrogen (secondary N) is 2. The first kappa shape index (κ1) is 28.9. The van der Waals surface area contributed by atoms with Crippen LogP contribution in [0.4, 0.5) is 13.2 Å². The van der Waals surface area contributed by atoms with Gasteiger partial charge in [0.2, 0.25) is 5.91 Å². The third-order valence-electron chi connectivity index (χ3n) is 7.08. The number of fused-ring (bicyclic) bond motifs is 7. The quantitative estimate of drug-likeness (QED) is 0.475. The average molecular weight is 583 g/mol. The molecule has 6 bridgehead atoms. The fraction of sp³-hybridized carbons (Fsp3) is 0.333. The fourth-order valence-electron chi connectivity index (χ4n) is 4.84. The number of likely N-dealkylation sites (tertiary alicyclic amines) is 1.